The zero-order valence-electron chi connectivity index (χ0n) is 24.0. The summed E-state index contributed by atoms with van der Waals surface area (Å²) in [6.45, 7) is 7.94. The van der Waals surface area contributed by atoms with E-state index in [1.807, 2.05) is 6.07 Å². The van der Waals surface area contributed by atoms with Gasteiger partial charge < -0.3 is 24.7 Å². The van der Waals surface area contributed by atoms with Gasteiger partial charge in [-0.3, -0.25) is 9.59 Å². The number of ether oxygens (including phenoxy) is 2. The predicted octanol–water partition coefficient (Wildman–Crippen LogP) is 2.27. The van der Waals surface area contributed by atoms with E-state index in [-0.39, 0.29) is 18.6 Å². The van der Waals surface area contributed by atoms with Crippen LogP contribution >= 0.6 is 0 Å². The topological polar surface area (TPSA) is 156 Å². The highest BCUT2D eigenvalue weighted by atomic mass is 28.3. The molecule has 1 saturated heterocycles. The highest BCUT2D eigenvalue weighted by molar-refractivity contribution is 6.76. The first-order valence-corrected chi connectivity index (χ1v) is 17.3. The summed E-state index contributed by atoms with van der Waals surface area (Å²) in [6, 6.07) is 15.6. The van der Waals surface area contributed by atoms with E-state index in [2.05, 4.69) is 35.5 Å². The fraction of sp³-hybridized carbons (Fsp3) is 0.414. The van der Waals surface area contributed by atoms with Crippen LogP contribution < -0.4 is 10.7 Å². The largest absolute Gasteiger partial charge is 0.450 e. The Morgan fingerprint density at radius 2 is 1.71 bits per heavy atom. The minimum atomic E-state index is -1.93. The maximum atomic E-state index is 13.2. The third-order valence-corrected chi connectivity index (χ3v) is 8.74. The maximum Gasteiger partial charge on any atom is 0.426 e. The molecule has 13 heteroatoms. The molecule has 2 aliphatic heterocycles. The molecule has 2 aliphatic rings. The van der Waals surface area contributed by atoms with Gasteiger partial charge in [-0.15, -0.1) is 0 Å². The summed E-state index contributed by atoms with van der Waals surface area (Å²) in [7, 11) is -1.48. The molecule has 0 radical (unpaired) electrons. The zero-order chi connectivity index (χ0) is 30.5. The number of carbonyl (C=O) groups is 4. The molecule has 5 atom stereocenters. The monoisotopic (exact) mass is 596 g/mol. The van der Waals surface area contributed by atoms with Crippen LogP contribution in [0.25, 0.3) is 0 Å². The molecule has 2 aromatic rings. The molecule has 2 heterocycles. The normalized spacial score (nSPS) is 25.1. The molecule has 3 N–H and O–H groups in total. The number of hydrogen-bond acceptors (Lipinski definition) is 9. The molecular formula is C29H36N4O8Si. The summed E-state index contributed by atoms with van der Waals surface area (Å²) in [5, 5.41) is 19.1. The molecule has 0 spiro atoms. The van der Waals surface area contributed by atoms with Crippen LogP contribution in [0.3, 0.4) is 0 Å². The van der Waals surface area contributed by atoms with E-state index in [0.717, 1.165) is 22.8 Å². The number of β-lactam (4-membered cyclic amide) rings is 1. The smallest absolute Gasteiger partial charge is 0.426 e. The number of aliphatic hydroxyl groups is 1. The van der Waals surface area contributed by atoms with Gasteiger partial charge in [0.15, 0.2) is 12.2 Å². The van der Waals surface area contributed by atoms with Gasteiger partial charge in [0, 0.05) is 8.07 Å². The van der Waals surface area contributed by atoms with Crippen LogP contribution in [-0.4, -0.2) is 84.8 Å². The first kappa shape index (κ1) is 30.7. The molecule has 4 rings (SSSR count). The lowest BCUT2D eigenvalue weighted by Gasteiger charge is -2.52. The number of benzene rings is 2. The van der Waals surface area contributed by atoms with E-state index in [4.69, 9.17) is 14.3 Å². The number of hydrazine groups is 1. The van der Waals surface area contributed by atoms with Crippen molar-refractivity contribution in [3.05, 3.63) is 71.8 Å². The lowest BCUT2D eigenvalue weighted by molar-refractivity contribution is -0.207. The summed E-state index contributed by atoms with van der Waals surface area (Å²) < 4.78 is 10.8. The molecule has 0 unspecified atom stereocenters. The second kappa shape index (κ2) is 12.7. The Labute approximate surface area is 245 Å². The molecule has 1 fully saturated rings. The molecular weight excluding hydrogens is 560 g/mol. The molecule has 0 aromatic heterocycles. The lowest BCUT2D eigenvalue weighted by Crippen LogP contribution is -2.81. The van der Waals surface area contributed by atoms with Crippen molar-refractivity contribution in [1.82, 2.24) is 15.8 Å². The van der Waals surface area contributed by atoms with Crippen molar-refractivity contribution in [2.75, 3.05) is 6.61 Å². The standard InChI is InChI=1S/C29H36N4O8Si/c1-29(38)21(40-27(36)20-13-9-6-10-14-20)18-30-41-25(29)24-23(31-22(34)17-19-11-7-5-8-12-19)26(35)33(24)32-28(37)39-15-16-42(2,3)4/h5-14,18,21,23-25,38H,15-17H2,1-4H3,(H,31,34)(H,32,37)/t21-,23+,24-,25-,29+/m1/s1. The van der Waals surface area contributed by atoms with Gasteiger partial charge in [0.2, 0.25) is 5.91 Å². The van der Waals surface area contributed by atoms with Crippen molar-refractivity contribution in [3.63, 3.8) is 0 Å². The van der Waals surface area contributed by atoms with Crippen molar-refractivity contribution in [2.24, 2.45) is 5.16 Å². The van der Waals surface area contributed by atoms with Gasteiger partial charge in [-0.05, 0) is 30.7 Å². The minimum Gasteiger partial charge on any atom is -0.450 e. The number of esters is 1. The minimum absolute atomic E-state index is 0.000878. The van der Waals surface area contributed by atoms with Crippen LogP contribution in [0.2, 0.25) is 25.7 Å². The van der Waals surface area contributed by atoms with Gasteiger partial charge in [0.05, 0.1) is 24.8 Å². The van der Waals surface area contributed by atoms with Gasteiger partial charge in [-0.2, -0.15) is 0 Å². The van der Waals surface area contributed by atoms with Crippen LogP contribution in [0, 0.1) is 0 Å². The van der Waals surface area contributed by atoms with Crippen LogP contribution in [0.5, 0.6) is 0 Å². The fourth-order valence-electron chi connectivity index (χ4n) is 4.57. The Kier molecular flexibility index (Phi) is 9.32. The first-order chi connectivity index (χ1) is 19.9. The number of rotatable bonds is 10. The number of amides is 3. The summed E-state index contributed by atoms with van der Waals surface area (Å²) in [5.74, 6) is -1.80. The predicted molar refractivity (Wildman–Crippen MR) is 155 cm³/mol. The van der Waals surface area contributed by atoms with Crippen molar-refractivity contribution in [3.8, 4) is 0 Å². The Morgan fingerprint density at radius 1 is 1.07 bits per heavy atom. The second-order valence-electron chi connectivity index (χ2n) is 11.7. The molecule has 12 nitrogen and oxygen atoms in total. The van der Waals surface area contributed by atoms with E-state index >= 15 is 0 Å². The Hall–Kier alpha value is -4.23. The summed E-state index contributed by atoms with van der Waals surface area (Å²) in [6.07, 6.45) is -2.32. The Bertz CT molecular complexity index is 1320. The fourth-order valence-corrected chi connectivity index (χ4v) is 5.29. The quantitative estimate of drug-likeness (QED) is 0.214. The summed E-state index contributed by atoms with van der Waals surface area (Å²) in [5.41, 5.74) is 1.48. The van der Waals surface area contributed by atoms with E-state index < -0.39 is 61.8 Å². The van der Waals surface area contributed by atoms with E-state index in [1.54, 1.807) is 54.6 Å². The number of hydrogen-bond donors (Lipinski definition) is 3. The van der Waals surface area contributed by atoms with E-state index in [0.29, 0.717) is 0 Å². The van der Waals surface area contributed by atoms with Gasteiger partial charge in [0.25, 0.3) is 5.91 Å². The van der Waals surface area contributed by atoms with Crippen molar-refractivity contribution >= 4 is 38.2 Å². The van der Waals surface area contributed by atoms with Crippen molar-refractivity contribution < 1.29 is 38.6 Å². The number of nitrogens with one attached hydrogen (secondary N) is 2. The summed E-state index contributed by atoms with van der Waals surface area (Å²) in [4.78, 5) is 57.0. The Balaban J connectivity index is 1.52. The van der Waals surface area contributed by atoms with Gasteiger partial charge in [-0.1, -0.05) is 73.3 Å². The number of nitrogens with zero attached hydrogens (tertiary/aromatic N) is 2. The van der Waals surface area contributed by atoms with Gasteiger partial charge in [-0.25, -0.2) is 20.0 Å². The maximum absolute atomic E-state index is 13.2. The van der Waals surface area contributed by atoms with Crippen molar-refractivity contribution in [2.45, 2.75) is 68.9 Å². The van der Waals surface area contributed by atoms with Gasteiger partial charge in [0.1, 0.15) is 17.7 Å². The second-order valence-corrected chi connectivity index (χ2v) is 17.3. The van der Waals surface area contributed by atoms with Crippen LogP contribution in [-0.2, 0) is 30.3 Å². The average Bonchev–Trinajstić information content (AvgIpc) is 2.94. The molecule has 224 valence electrons. The highest BCUT2D eigenvalue weighted by Crippen LogP contribution is 2.34. The molecule has 2 aromatic carbocycles. The van der Waals surface area contributed by atoms with E-state index in [1.165, 1.54) is 6.92 Å². The first-order valence-electron chi connectivity index (χ1n) is 13.6. The third-order valence-electron chi connectivity index (χ3n) is 7.04. The zero-order valence-corrected chi connectivity index (χ0v) is 25.0. The summed E-state index contributed by atoms with van der Waals surface area (Å²) >= 11 is 0. The van der Waals surface area contributed by atoms with Crippen LogP contribution in [0.1, 0.15) is 22.8 Å². The van der Waals surface area contributed by atoms with Crippen molar-refractivity contribution in [1.29, 1.82) is 0 Å². The molecule has 0 bridgehead atoms. The van der Waals surface area contributed by atoms with Crippen LogP contribution in [0.15, 0.2) is 65.8 Å². The van der Waals surface area contributed by atoms with E-state index in [9.17, 15) is 24.3 Å². The highest BCUT2D eigenvalue weighted by Gasteiger charge is 2.62. The number of carbonyl (C=O) groups excluding carboxylic acids is 4. The third kappa shape index (κ3) is 7.34. The van der Waals surface area contributed by atoms with Gasteiger partial charge >= 0.3 is 12.1 Å². The molecule has 42 heavy (non-hydrogen) atoms. The van der Waals surface area contributed by atoms with Crippen LogP contribution in [0.4, 0.5) is 4.79 Å². The lowest BCUT2D eigenvalue weighted by atomic mass is 9.80. The SMILES string of the molecule is C[C@@]1(O)[C@@H]([C@H]2[C@H](NC(=O)Cc3ccccc3)C(=O)N2NC(=O)OCC[Si](C)(C)C)ON=C[C@H]1OC(=O)c1ccccc1. The number of oxime groups is 1. The Morgan fingerprint density at radius 3 is 2.36 bits per heavy atom. The molecule has 0 saturated carbocycles. The molecule has 3 amide bonds. The molecule has 0 aliphatic carbocycles. The average molecular weight is 597 g/mol.